The van der Waals surface area contributed by atoms with E-state index in [0.717, 1.165) is 11.6 Å². The molecular formula is C16H17F3N4O. The van der Waals surface area contributed by atoms with E-state index in [4.69, 9.17) is 0 Å². The van der Waals surface area contributed by atoms with Gasteiger partial charge in [-0.3, -0.25) is 0 Å². The van der Waals surface area contributed by atoms with Crippen LogP contribution in [0.15, 0.2) is 30.3 Å². The van der Waals surface area contributed by atoms with Gasteiger partial charge in [0.05, 0.1) is 0 Å². The molecule has 1 aliphatic rings. The second-order valence-electron chi connectivity index (χ2n) is 5.74. The number of aryl methyl sites for hydroxylation is 1. The van der Waals surface area contributed by atoms with Crippen LogP contribution in [0.3, 0.4) is 0 Å². The van der Waals surface area contributed by atoms with Crippen molar-refractivity contribution in [2.24, 2.45) is 0 Å². The maximum Gasteiger partial charge on any atom is 0.433 e. The molecule has 1 fully saturated rings. The zero-order valence-corrected chi connectivity index (χ0v) is 13.0. The van der Waals surface area contributed by atoms with Gasteiger partial charge in [-0.2, -0.15) is 13.2 Å². The lowest BCUT2D eigenvalue weighted by Gasteiger charge is -2.34. The fourth-order valence-corrected chi connectivity index (χ4v) is 2.70. The van der Waals surface area contributed by atoms with Crippen molar-refractivity contribution in [2.45, 2.75) is 19.1 Å². The lowest BCUT2D eigenvalue weighted by molar-refractivity contribution is -0.141. The number of hydrogen-bond acceptors (Lipinski definition) is 5. The molecule has 2 heterocycles. The van der Waals surface area contributed by atoms with E-state index in [2.05, 4.69) is 15.3 Å². The van der Waals surface area contributed by atoms with Gasteiger partial charge in [-0.05, 0) is 30.7 Å². The number of phenols is 1. The summed E-state index contributed by atoms with van der Waals surface area (Å²) in [6, 6.07) is 7.62. The number of halogens is 3. The van der Waals surface area contributed by atoms with Crippen LogP contribution in [-0.4, -0.2) is 34.7 Å². The third kappa shape index (κ3) is 3.59. The second-order valence-corrected chi connectivity index (χ2v) is 5.74. The Balaban J connectivity index is 1.84. The highest BCUT2D eigenvalue weighted by atomic mass is 19.4. The summed E-state index contributed by atoms with van der Waals surface area (Å²) in [7, 11) is 0. The van der Waals surface area contributed by atoms with Gasteiger partial charge in [0.2, 0.25) is 5.95 Å². The van der Waals surface area contributed by atoms with Crippen LogP contribution in [0.25, 0.3) is 0 Å². The number of aromatic nitrogens is 2. The van der Waals surface area contributed by atoms with Gasteiger partial charge in [0.1, 0.15) is 11.4 Å². The summed E-state index contributed by atoms with van der Waals surface area (Å²) in [6.45, 7) is 3.10. The monoisotopic (exact) mass is 338 g/mol. The Morgan fingerprint density at radius 1 is 1.21 bits per heavy atom. The predicted octanol–water partition coefficient (Wildman–Crippen LogP) is 2.66. The normalized spacial score (nSPS) is 18.7. The average molecular weight is 338 g/mol. The molecule has 128 valence electrons. The Morgan fingerprint density at radius 3 is 2.58 bits per heavy atom. The zero-order chi connectivity index (χ0) is 17.3. The molecule has 0 amide bonds. The number of nitrogens with zero attached hydrogens (tertiary/aromatic N) is 3. The van der Waals surface area contributed by atoms with E-state index >= 15 is 0 Å². The lowest BCUT2D eigenvalue weighted by Crippen LogP contribution is -2.46. The molecule has 0 saturated carbocycles. The smallest absolute Gasteiger partial charge is 0.433 e. The van der Waals surface area contributed by atoms with E-state index in [-0.39, 0.29) is 23.4 Å². The largest absolute Gasteiger partial charge is 0.508 e. The molecule has 0 bridgehead atoms. The van der Waals surface area contributed by atoms with Gasteiger partial charge in [0.25, 0.3) is 0 Å². The summed E-state index contributed by atoms with van der Waals surface area (Å²) >= 11 is 0. The number of piperazine rings is 1. The number of hydrogen-bond donors (Lipinski definition) is 2. The number of phenolic OH excluding ortho intramolecular Hbond substituents is 1. The Labute approximate surface area is 137 Å². The van der Waals surface area contributed by atoms with Crippen LogP contribution in [0, 0.1) is 6.92 Å². The molecule has 5 nitrogen and oxygen atoms in total. The topological polar surface area (TPSA) is 61.3 Å². The molecule has 3 rings (SSSR count). The van der Waals surface area contributed by atoms with Gasteiger partial charge in [-0.15, -0.1) is 0 Å². The molecule has 0 aliphatic carbocycles. The summed E-state index contributed by atoms with van der Waals surface area (Å²) in [6.07, 6.45) is -4.49. The van der Waals surface area contributed by atoms with Crippen molar-refractivity contribution >= 4 is 5.95 Å². The summed E-state index contributed by atoms with van der Waals surface area (Å²) in [5.74, 6) is 0.260. The maximum atomic E-state index is 12.9. The summed E-state index contributed by atoms with van der Waals surface area (Å²) in [5.41, 5.74) is 0.304. The standard InChI is InChI=1S/C16H17F3N4O/c1-10-8-14(16(17,18)19)22-15(21-10)23-7-6-20-13(9-23)11-2-4-12(24)5-3-11/h2-5,8,13,20,24H,6-7,9H2,1H3. The van der Waals surface area contributed by atoms with E-state index in [9.17, 15) is 18.3 Å². The molecule has 1 aliphatic heterocycles. The summed E-state index contributed by atoms with van der Waals surface area (Å²) in [4.78, 5) is 9.60. The van der Waals surface area contributed by atoms with E-state index in [0.29, 0.717) is 19.6 Å². The molecule has 1 atom stereocenters. The molecule has 8 heteroatoms. The first-order valence-electron chi connectivity index (χ1n) is 7.53. The van der Waals surface area contributed by atoms with Crippen molar-refractivity contribution in [2.75, 3.05) is 24.5 Å². The van der Waals surface area contributed by atoms with Crippen LogP contribution in [-0.2, 0) is 6.18 Å². The Hall–Kier alpha value is -2.35. The minimum absolute atomic E-state index is 0.0715. The van der Waals surface area contributed by atoms with Gasteiger partial charge < -0.3 is 15.3 Å². The quantitative estimate of drug-likeness (QED) is 0.882. The van der Waals surface area contributed by atoms with Crippen molar-refractivity contribution in [1.82, 2.24) is 15.3 Å². The van der Waals surface area contributed by atoms with E-state index in [1.54, 1.807) is 29.2 Å². The SMILES string of the molecule is Cc1cc(C(F)(F)F)nc(N2CCNC(c3ccc(O)cc3)C2)n1. The molecule has 1 unspecified atom stereocenters. The molecule has 2 aromatic rings. The Morgan fingerprint density at radius 2 is 1.92 bits per heavy atom. The predicted molar refractivity (Wildman–Crippen MR) is 82.8 cm³/mol. The number of nitrogens with one attached hydrogen (secondary N) is 1. The highest BCUT2D eigenvalue weighted by Gasteiger charge is 2.34. The number of benzene rings is 1. The Bertz CT molecular complexity index is 718. The number of rotatable bonds is 2. The molecule has 1 aromatic carbocycles. The van der Waals surface area contributed by atoms with Crippen LogP contribution in [0.1, 0.15) is 23.0 Å². The van der Waals surface area contributed by atoms with Gasteiger partial charge in [-0.1, -0.05) is 12.1 Å². The van der Waals surface area contributed by atoms with Crippen molar-refractivity contribution in [3.05, 3.63) is 47.3 Å². The molecule has 24 heavy (non-hydrogen) atoms. The van der Waals surface area contributed by atoms with E-state index < -0.39 is 11.9 Å². The van der Waals surface area contributed by atoms with Crippen LogP contribution in [0.5, 0.6) is 5.75 Å². The number of aromatic hydroxyl groups is 1. The van der Waals surface area contributed by atoms with Crippen molar-refractivity contribution in [1.29, 1.82) is 0 Å². The zero-order valence-electron chi connectivity index (χ0n) is 13.0. The molecule has 1 aromatic heterocycles. The number of alkyl halides is 3. The maximum absolute atomic E-state index is 12.9. The van der Waals surface area contributed by atoms with Gasteiger partial charge in [0.15, 0.2) is 0 Å². The van der Waals surface area contributed by atoms with Crippen molar-refractivity contribution < 1.29 is 18.3 Å². The van der Waals surface area contributed by atoms with Crippen LogP contribution >= 0.6 is 0 Å². The molecule has 2 N–H and O–H groups in total. The minimum atomic E-state index is -4.49. The summed E-state index contributed by atoms with van der Waals surface area (Å²) in [5, 5.41) is 12.7. The molecule has 1 saturated heterocycles. The molecular weight excluding hydrogens is 321 g/mol. The van der Waals surface area contributed by atoms with Gasteiger partial charge >= 0.3 is 6.18 Å². The molecule has 0 radical (unpaired) electrons. The first-order valence-corrected chi connectivity index (χ1v) is 7.53. The van der Waals surface area contributed by atoms with Gasteiger partial charge in [0, 0.05) is 31.4 Å². The highest BCUT2D eigenvalue weighted by Crippen LogP contribution is 2.30. The fourth-order valence-electron chi connectivity index (χ4n) is 2.70. The third-order valence-corrected chi connectivity index (χ3v) is 3.89. The van der Waals surface area contributed by atoms with E-state index in [1.807, 2.05) is 0 Å². The Kier molecular flexibility index (Phi) is 4.31. The minimum Gasteiger partial charge on any atom is -0.508 e. The first-order chi connectivity index (χ1) is 11.3. The average Bonchev–Trinajstić information content (AvgIpc) is 2.54. The number of anilines is 1. The fraction of sp³-hybridized carbons (Fsp3) is 0.375. The molecule has 0 spiro atoms. The summed E-state index contributed by atoms with van der Waals surface area (Å²) < 4.78 is 38.8. The first kappa shape index (κ1) is 16.5. The third-order valence-electron chi connectivity index (χ3n) is 3.89. The van der Waals surface area contributed by atoms with Crippen LogP contribution < -0.4 is 10.2 Å². The lowest BCUT2D eigenvalue weighted by atomic mass is 10.0. The van der Waals surface area contributed by atoms with E-state index in [1.165, 1.54) is 6.92 Å². The van der Waals surface area contributed by atoms with Gasteiger partial charge in [-0.25, -0.2) is 9.97 Å². The second kappa shape index (κ2) is 6.27. The van der Waals surface area contributed by atoms with Crippen LogP contribution in [0.4, 0.5) is 19.1 Å². The highest BCUT2D eigenvalue weighted by molar-refractivity contribution is 5.37. The van der Waals surface area contributed by atoms with Crippen LogP contribution in [0.2, 0.25) is 0 Å². The van der Waals surface area contributed by atoms with Crippen molar-refractivity contribution in [3.63, 3.8) is 0 Å². The van der Waals surface area contributed by atoms with Crippen molar-refractivity contribution in [3.8, 4) is 5.75 Å².